The second-order valence-corrected chi connectivity index (χ2v) is 6.08. The molecule has 19 heavy (non-hydrogen) atoms. The van der Waals surface area contributed by atoms with E-state index in [0.29, 0.717) is 8.79 Å². The molecule has 0 saturated heterocycles. The minimum absolute atomic E-state index is 0.00480. The number of hydrogen-bond acceptors (Lipinski definition) is 4. The van der Waals surface area contributed by atoms with Crippen LogP contribution in [0.2, 0.25) is 5.02 Å². The van der Waals surface area contributed by atoms with Gasteiger partial charge in [0.25, 0.3) is 5.91 Å². The number of carbonyl (C=O) groups is 1. The van der Waals surface area contributed by atoms with E-state index in [1.807, 2.05) is 0 Å². The van der Waals surface area contributed by atoms with E-state index in [-0.39, 0.29) is 16.5 Å². The maximum absolute atomic E-state index is 14.0. The van der Waals surface area contributed by atoms with Gasteiger partial charge in [-0.3, -0.25) is 4.79 Å². The first-order valence-electron chi connectivity index (χ1n) is 4.97. The summed E-state index contributed by atoms with van der Waals surface area (Å²) >= 11 is 10.1. The van der Waals surface area contributed by atoms with Gasteiger partial charge in [0.1, 0.15) is 10.6 Å². The van der Waals surface area contributed by atoms with E-state index in [1.54, 1.807) is 0 Å². The summed E-state index contributed by atoms with van der Waals surface area (Å²) in [7, 11) is 1.33. The van der Waals surface area contributed by atoms with Crippen LogP contribution >= 0.6 is 38.9 Å². The molecule has 2 rings (SSSR count). The molecule has 0 aliphatic carbocycles. The summed E-state index contributed by atoms with van der Waals surface area (Å²) in [5.74, 6) is -1.20. The average molecular weight is 366 g/mol. The first-order chi connectivity index (χ1) is 9.02. The highest BCUT2D eigenvalue weighted by Crippen LogP contribution is 2.32. The van der Waals surface area contributed by atoms with Crippen LogP contribution in [-0.2, 0) is 0 Å². The maximum atomic E-state index is 14.0. The number of nitrogens with zero attached hydrogens (tertiary/aromatic N) is 1. The molecule has 0 spiro atoms. The molecule has 1 heterocycles. The van der Waals surface area contributed by atoms with Gasteiger partial charge in [0, 0.05) is 0 Å². The normalized spacial score (nSPS) is 10.3. The molecule has 0 fully saturated rings. The number of hydrogen-bond donors (Lipinski definition) is 1. The van der Waals surface area contributed by atoms with E-state index in [0.717, 1.165) is 11.3 Å². The van der Waals surface area contributed by atoms with Crippen molar-refractivity contribution < 1.29 is 13.9 Å². The van der Waals surface area contributed by atoms with Crippen molar-refractivity contribution >= 4 is 50.5 Å². The molecular weight excluding hydrogens is 359 g/mol. The predicted molar refractivity (Wildman–Crippen MR) is 75.7 cm³/mol. The molecule has 1 aromatic heterocycles. The van der Waals surface area contributed by atoms with E-state index in [9.17, 15) is 9.18 Å². The Morgan fingerprint density at radius 2 is 2.32 bits per heavy atom. The lowest BCUT2D eigenvalue weighted by Crippen LogP contribution is -2.12. The maximum Gasteiger partial charge on any atom is 0.267 e. The Bertz CT molecular complexity index is 635. The fraction of sp³-hybridized carbons (Fsp3) is 0.0909. The number of aromatic nitrogens is 1. The van der Waals surface area contributed by atoms with Crippen LogP contribution in [0.4, 0.5) is 10.1 Å². The molecule has 2 aromatic rings. The molecule has 0 aliphatic heterocycles. The molecule has 0 aliphatic rings. The van der Waals surface area contributed by atoms with Crippen molar-refractivity contribution in [3.05, 3.63) is 38.0 Å². The van der Waals surface area contributed by atoms with Gasteiger partial charge in [-0.25, -0.2) is 9.37 Å². The van der Waals surface area contributed by atoms with Gasteiger partial charge in [-0.2, -0.15) is 0 Å². The molecule has 1 aromatic carbocycles. The summed E-state index contributed by atoms with van der Waals surface area (Å²) in [4.78, 5) is 16.1. The van der Waals surface area contributed by atoms with E-state index in [4.69, 9.17) is 16.3 Å². The highest BCUT2D eigenvalue weighted by atomic mass is 79.9. The third kappa shape index (κ3) is 3.05. The van der Waals surface area contributed by atoms with Gasteiger partial charge in [0.05, 0.1) is 18.3 Å². The molecule has 1 amide bonds. The Morgan fingerprint density at radius 1 is 1.58 bits per heavy atom. The molecule has 4 nitrogen and oxygen atoms in total. The van der Waals surface area contributed by atoms with Crippen LogP contribution in [0.1, 0.15) is 9.67 Å². The second kappa shape index (κ2) is 5.85. The first-order valence-corrected chi connectivity index (χ1v) is 6.96. The zero-order valence-electron chi connectivity index (χ0n) is 9.54. The second-order valence-electron chi connectivity index (χ2n) is 3.37. The number of methoxy groups -OCH3 is 1. The van der Waals surface area contributed by atoms with Crippen LogP contribution in [0, 0.1) is 5.82 Å². The van der Waals surface area contributed by atoms with Gasteiger partial charge in [-0.05, 0) is 28.1 Å². The summed E-state index contributed by atoms with van der Waals surface area (Å²) < 4.78 is 19.4. The molecule has 8 heteroatoms. The SMILES string of the molecule is COc1ccc(Cl)c(NC(=O)c2cnc(Br)s2)c1F. The van der Waals surface area contributed by atoms with E-state index < -0.39 is 11.7 Å². The Kier molecular flexibility index (Phi) is 4.38. The molecule has 0 atom stereocenters. The topological polar surface area (TPSA) is 51.2 Å². The minimum Gasteiger partial charge on any atom is -0.494 e. The number of carbonyl (C=O) groups excluding carboxylic acids is 1. The Hall–Kier alpha value is -1.18. The first kappa shape index (κ1) is 14.2. The fourth-order valence-electron chi connectivity index (χ4n) is 1.34. The lowest BCUT2D eigenvalue weighted by atomic mass is 10.2. The predicted octanol–water partition coefficient (Wildman–Crippen LogP) is 3.96. The number of nitrogens with one attached hydrogen (secondary N) is 1. The van der Waals surface area contributed by atoms with Crippen LogP contribution in [0.15, 0.2) is 22.2 Å². The lowest BCUT2D eigenvalue weighted by Gasteiger charge is -2.10. The van der Waals surface area contributed by atoms with Gasteiger partial charge in [0.15, 0.2) is 15.5 Å². The number of ether oxygens (including phenoxy) is 1. The number of amides is 1. The largest absolute Gasteiger partial charge is 0.494 e. The van der Waals surface area contributed by atoms with Crippen LogP contribution in [0.3, 0.4) is 0 Å². The number of thiazole rings is 1. The number of halogens is 3. The highest BCUT2D eigenvalue weighted by Gasteiger charge is 2.17. The monoisotopic (exact) mass is 364 g/mol. The van der Waals surface area contributed by atoms with Crippen molar-refractivity contribution in [2.75, 3.05) is 12.4 Å². The van der Waals surface area contributed by atoms with Gasteiger partial charge in [-0.15, -0.1) is 11.3 Å². The number of rotatable bonds is 3. The van der Waals surface area contributed by atoms with E-state index in [1.165, 1.54) is 25.4 Å². The summed E-state index contributed by atoms with van der Waals surface area (Å²) in [5.41, 5.74) is -0.115. The van der Waals surface area contributed by atoms with Gasteiger partial charge in [0.2, 0.25) is 0 Å². The zero-order chi connectivity index (χ0) is 14.0. The molecule has 0 saturated carbocycles. The van der Waals surface area contributed by atoms with Gasteiger partial charge in [-0.1, -0.05) is 11.6 Å². The lowest BCUT2D eigenvalue weighted by molar-refractivity contribution is 0.103. The molecule has 0 radical (unpaired) electrons. The minimum atomic E-state index is -0.716. The molecule has 0 unspecified atom stereocenters. The summed E-state index contributed by atoms with van der Waals surface area (Å²) in [5, 5.41) is 2.50. The Balaban J connectivity index is 2.31. The highest BCUT2D eigenvalue weighted by molar-refractivity contribution is 9.11. The number of benzene rings is 1. The molecule has 0 bridgehead atoms. The van der Waals surface area contributed by atoms with Crippen molar-refractivity contribution in [2.24, 2.45) is 0 Å². The smallest absolute Gasteiger partial charge is 0.267 e. The molecule has 100 valence electrons. The van der Waals surface area contributed by atoms with Crippen molar-refractivity contribution in [3.8, 4) is 5.75 Å². The van der Waals surface area contributed by atoms with E-state index >= 15 is 0 Å². The third-order valence-corrected chi connectivity index (χ3v) is 4.01. The average Bonchev–Trinajstić information content (AvgIpc) is 2.81. The third-order valence-electron chi connectivity index (χ3n) is 2.22. The van der Waals surface area contributed by atoms with Crippen molar-refractivity contribution in [2.45, 2.75) is 0 Å². The Morgan fingerprint density at radius 3 is 2.89 bits per heavy atom. The van der Waals surface area contributed by atoms with Crippen LogP contribution in [0.5, 0.6) is 5.75 Å². The quantitative estimate of drug-likeness (QED) is 0.896. The van der Waals surface area contributed by atoms with Crippen molar-refractivity contribution in [1.29, 1.82) is 0 Å². The Labute approximate surface area is 125 Å². The van der Waals surface area contributed by atoms with Crippen LogP contribution in [0.25, 0.3) is 0 Å². The van der Waals surface area contributed by atoms with Crippen LogP contribution in [-0.4, -0.2) is 18.0 Å². The summed E-state index contributed by atoms with van der Waals surface area (Å²) in [6, 6.07) is 2.83. The summed E-state index contributed by atoms with van der Waals surface area (Å²) in [6.07, 6.45) is 1.38. The van der Waals surface area contributed by atoms with Crippen molar-refractivity contribution in [3.63, 3.8) is 0 Å². The molecular formula is C11H7BrClFN2O2S. The van der Waals surface area contributed by atoms with Crippen molar-refractivity contribution in [1.82, 2.24) is 4.98 Å². The molecule has 1 N–H and O–H groups in total. The standard InChI is InChI=1S/C11H7BrClFN2O2S/c1-18-6-3-2-5(13)9(8(6)14)16-10(17)7-4-15-11(12)19-7/h2-4H,1H3,(H,16,17). The fourth-order valence-corrected chi connectivity index (χ4v) is 2.69. The van der Waals surface area contributed by atoms with E-state index in [2.05, 4.69) is 26.2 Å². The zero-order valence-corrected chi connectivity index (χ0v) is 12.7. The van der Waals surface area contributed by atoms with Gasteiger partial charge < -0.3 is 10.1 Å². The summed E-state index contributed by atoms with van der Waals surface area (Å²) in [6.45, 7) is 0. The number of anilines is 1. The van der Waals surface area contributed by atoms with Gasteiger partial charge >= 0.3 is 0 Å². The van der Waals surface area contributed by atoms with Crippen LogP contribution < -0.4 is 10.1 Å².